The van der Waals surface area contributed by atoms with E-state index in [1.54, 1.807) is 24.5 Å². The molecule has 2 amide bonds. The van der Waals surface area contributed by atoms with Crippen LogP contribution in [0, 0.1) is 0 Å². The second-order valence-corrected chi connectivity index (χ2v) is 5.16. The zero-order valence-electron chi connectivity index (χ0n) is 13.3. The lowest BCUT2D eigenvalue weighted by Gasteiger charge is -2.08. The van der Waals surface area contributed by atoms with E-state index in [2.05, 4.69) is 26.0 Å². The van der Waals surface area contributed by atoms with Crippen LogP contribution < -0.4 is 16.0 Å². The van der Waals surface area contributed by atoms with Crippen LogP contribution >= 0.6 is 0 Å². The Hall–Kier alpha value is -3.42. The molecule has 0 fully saturated rings. The molecular formula is C17H17FN6O. The van der Waals surface area contributed by atoms with Gasteiger partial charge in [-0.1, -0.05) is 18.2 Å². The largest absolute Gasteiger partial charge is 0.354 e. The van der Waals surface area contributed by atoms with Gasteiger partial charge in [0, 0.05) is 18.0 Å². The second kappa shape index (κ2) is 7.91. The van der Waals surface area contributed by atoms with Gasteiger partial charge in [-0.25, -0.2) is 14.2 Å². The van der Waals surface area contributed by atoms with Crippen molar-refractivity contribution < 1.29 is 9.18 Å². The zero-order chi connectivity index (χ0) is 17.5. The maximum absolute atomic E-state index is 12.2. The SMILES string of the molecule is O=C(Nc1ccc(Nc2ccccc2)cn1)Nc1ccn(CCF)n1. The van der Waals surface area contributed by atoms with Gasteiger partial charge in [-0.3, -0.25) is 15.3 Å². The number of hydrogen-bond acceptors (Lipinski definition) is 4. The van der Waals surface area contributed by atoms with Crippen molar-refractivity contribution in [2.45, 2.75) is 6.54 Å². The fourth-order valence-electron chi connectivity index (χ4n) is 2.13. The molecule has 0 radical (unpaired) electrons. The zero-order valence-corrected chi connectivity index (χ0v) is 13.3. The number of hydrogen-bond donors (Lipinski definition) is 3. The first-order chi connectivity index (χ1) is 12.2. The molecule has 3 aromatic rings. The van der Waals surface area contributed by atoms with Crippen LogP contribution in [0.5, 0.6) is 0 Å². The van der Waals surface area contributed by atoms with E-state index in [-0.39, 0.29) is 6.54 Å². The highest BCUT2D eigenvalue weighted by Gasteiger charge is 2.06. The summed E-state index contributed by atoms with van der Waals surface area (Å²) in [5, 5.41) is 12.4. The minimum absolute atomic E-state index is 0.154. The first-order valence-corrected chi connectivity index (χ1v) is 7.68. The van der Waals surface area contributed by atoms with Gasteiger partial charge in [0.15, 0.2) is 5.82 Å². The third kappa shape index (κ3) is 4.77. The fraction of sp³-hybridized carbons (Fsp3) is 0.118. The highest BCUT2D eigenvalue weighted by Crippen LogP contribution is 2.16. The summed E-state index contributed by atoms with van der Waals surface area (Å²) >= 11 is 0. The highest BCUT2D eigenvalue weighted by molar-refractivity contribution is 5.98. The van der Waals surface area contributed by atoms with Gasteiger partial charge in [0.1, 0.15) is 12.5 Å². The van der Waals surface area contributed by atoms with Crippen LogP contribution in [0.2, 0.25) is 0 Å². The summed E-state index contributed by atoms with van der Waals surface area (Å²) < 4.78 is 13.6. The molecule has 25 heavy (non-hydrogen) atoms. The second-order valence-electron chi connectivity index (χ2n) is 5.16. The number of rotatable bonds is 6. The number of anilines is 4. The molecule has 3 N–H and O–H groups in total. The first kappa shape index (κ1) is 16.4. The average Bonchev–Trinajstić information content (AvgIpc) is 3.05. The molecule has 2 aromatic heterocycles. The highest BCUT2D eigenvalue weighted by atomic mass is 19.1. The number of urea groups is 1. The Morgan fingerprint density at radius 2 is 1.80 bits per heavy atom. The number of para-hydroxylation sites is 1. The number of carbonyl (C=O) groups excluding carboxylic acids is 1. The number of benzene rings is 1. The van der Waals surface area contributed by atoms with Crippen LogP contribution in [0.4, 0.5) is 32.2 Å². The van der Waals surface area contributed by atoms with Crippen molar-refractivity contribution in [2.75, 3.05) is 22.6 Å². The maximum Gasteiger partial charge on any atom is 0.326 e. The topological polar surface area (TPSA) is 83.9 Å². The first-order valence-electron chi connectivity index (χ1n) is 7.68. The molecule has 0 aliphatic heterocycles. The Morgan fingerprint density at radius 3 is 2.52 bits per heavy atom. The number of nitrogens with one attached hydrogen (secondary N) is 3. The number of aryl methyl sites for hydroxylation is 1. The van der Waals surface area contributed by atoms with E-state index in [4.69, 9.17) is 0 Å². The van der Waals surface area contributed by atoms with Crippen molar-refractivity contribution in [3.05, 3.63) is 60.9 Å². The van der Waals surface area contributed by atoms with Crippen LogP contribution in [0.25, 0.3) is 0 Å². The Bertz CT molecular complexity index is 819. The van der Waals surface area contributed by atoms with E-state index < -0.39 is 12.7 Å². The Kier molecular flexibility index (Phi) is 5.20. The summed E-state index contributed by atoms with van der Waals surface area (Å²) in [4.78, 5) is 16.1. The van der Waals surface area contributed by atoms with Crippen molar-refractivity contribution in [1.82, 2.24) is 14.8 Å². The summed E-state index contributed by atoms with van der Waals surface area (Å²) in [5.74, 6) is 0.743. The van der Waals surface area contributed by atoms with Gasteiger partial charge in [-0.15, -0.1) is 0 Å². The van der Waals surface area contributed by atoms with Gasteiger partial charge in [0.05, 0.1) is 18.4 Å². The molecule has 3 rings (SSSR count). The van der Waals surface area contributed by atoms with Crippen molar-refractivity contribution in [2.24, 2.45) is 0 Å². The molecule has 1 aromatic carbocycles. The van der Waals surface area contributed by atoms with Crippen molar-refractivity contribution in [3.63, 3.8) is 0 Å². The third-order valence-electron chi connectivity index (χ3n) is 3.26. The van der Waals surface area contributed by atoms with Crippen molar-refractivity contribution in [3.8, 4) is 0 Å². The number of halogens is 1. The molecule has 0 aliphatic carbocycles. The molecule has 0 bridgehead atoms. The quantitative estimate of drug-likeness (QED) is 0.640. The normalized spacial score (nSPS) is 10.3. The molecule has 7 nitrogen and oxygen atoms in total. The van der Waals surface area contributed by atoms with Crippen LogP contribution in [0.3, 0.4) is 0 Å². The van der Waals surface area contributed by atoms with Crippen LogP contribution in [-0.2, 0) is 6.54 Å². The minimum Gasteiger partial charge on any atom is -0.354 e. The molecular weight excluding hydrogens is 323 g/mol. The summed E-state index contributed by atoms with van der Waals surface area (Å²) in [6.45, 7) is -0.360. The number of amides is 2. The molecule has 0 atom stereocenters. The van der Waals surface area contributed by atoms with Gasteiger partial charge >= 0.3 is 6.03 Å². The van der Waals surface area contributed by atoms with E-state index >= 15 is 0 Å². The minimum atomic E-state index is -0.513. The molecule has 0 spiro atoms. The molecule has 8 heteroatoms. The van der Waals surface area contributed by atoms with Crippen LogP contribution in [0.15, 0.2) is 60.9 Å². The van der Waals surface area contributed by atoms with E-state index in [0.29, 0.717) is 11.6 Å². The monoisotopic (exact) mass is 340 g/mol. The maximum atomic E-state index is 12.2. The summed E-state index contributed by atoms with van der Waals surface area (Å²) in [5.41, 5.74) is 1.76. The van der Waals surface area contributed by atoms with Crippen LogP contribution in [-0.4, -0.2) is 27.5 Å². The molecule has 0 unspecified atom stereocenters. The molecule has 0 saturated carbocycles. The lowest BCUT2D eigenvalue weighted by atomic mass is 10.3. The molecule has 0 aliphatic rings. The Labute approximate surface area is 143 Å². The summed E-state index contributed by atoms with van der Waals surface area (Å²) in [6.07, 6.45) is 3.22. The van der Waals surface area contributed by atoms with Gasteiger partial charge in [0.2, 0.25) is 0 Å². The Morgan fingerprint density at radius 1 is 1.00 bits per heavy atom. The van der Waals surface area contributed by atoms with Gasteiger partial charge in [-0.05, 0) is 24.3 Å². The Balaban J connectivity index is 1.54. The summed E-state index contributed by atoms with van der Waals surface area (Å²) in [7, 11) is 0. The van der Waals surface area contributed by atoms with Gasteiger partial charge in [-0.2, -0.15) is 5.10 Å². The van der Waals surface area contributed by atoms with Crippen LogP contribution in [0.1, 0.15) is 0 Å². The number of carbonyl (C=O) groups is 1. The third-order valence-corrected chi connectivity index (χ3v) is 3.26. The number of nitrogens with zero attached hydrogens (tertiary/aromatic N) is 3. The number of alkyl halides is 1. The molecule has 0 saturated heterocycles. The predicted octanol–water partition coefficient (Wildman–Crippen LogP) is 3.64. The smallest absolute Gasteiger partial charge is 0.326 e. The number of pyridine rings is 1. The lowest BCUT2D eigenvalue weighted by molar-refractivity contribution is 0.262. The van der Waals surface area contributed by atoms with Gasteiger partial charge in [0.25, 0.3) is 0 Å². The van der Waals surface area contributed by atoms with E-state index in [0.717, 1.165) is 11.4 Å². The van der Waals surface area contributed by atoms with E-state index in [1.807, 2.05) is 36.4 Å². The molecule has 2 heterocycles. The molecule has 128 valence electrons. The fourth-order valence-corrected chi connectivity index (χ4v) is 2.13. The number of aromatic nitrogens is 3. The predicted molar refractivity (Wildman–Crippen MR) is 94.8 cm³/mol. The average molecular weight is 340 g/mol. The van der Waals surface area contributed by atoms with Crippen molar-refractivity contribution in [1.29, 1.82) is 0 Å². The van der Waals surface area contributed by atoms with Gasteiger partial charge < -0.3 is 5.32 Å². The van der Waals surface area contributed by atoms with E-state index in [9.17, 15) is 9.18 Å². The van der Waals surface area contributed by atoms with Crippen molar-refractivity contribution >= 4 is 29.0 Å². The standard InChI is InChI=1S/C17H17FN6O/c18-9-11-24-10-8-16(23-24)22-17(25)21-15-7-6-14(12-19-15)20-13-4-2-1-3-5-13/h1-8,10,12,20H,9,11H2,(H2,19,21,22,23,25). The van der Waals surface area contributed by atoms with E-state index in [1.165, 1.54) is 4.68 Å². The lowest BCUT2D eigenvalue weighted by Crippen LogP contribution is -2.20. The summed E-state index contributed by atoms with van der Waals surface area (Å²) in [6, 6.07) is 14.3.